The smallest absolute Gasteiger partial charge is 0.0951 e. The molecule has 0 aliphatic carbocycles. The van der Waals surface area contributed by atoms with E-state index in [2.05, 4.69) is 15.2 Å². The number of fused-ring (bicyclic) bond motifs is 1. The minimum Gasteiger partial charge on any atom is -0.254 e. The van der Waals surface area contributed by atoms with Crippen LogP contribution < -0.4 is 0 Å². The van der Waals surface area contributed by atoms with Gasteiger partial charge in [0.1, 0.15) is 0 Å². The van der Waals surface area contributed by atoms with Gasteiger partial charge in [0.25, 0.3) is 0 Å². The van der Waals surface area contributed by atoms with E-state index in [1.54, 1.807) is 12.4 Å². The van der Waals surface area contributed by atoms with Crippen molar-refractivity contribution in [2.75, 3.05) is 0 Å². The fraction of sp³-hybridized carbons (Fsp3) is 0.222. The molecule has 0 amide bonds. The first-order chi connectivity index (χ1) is 5.79. The summed E-state index contributed by atoms with van der Waals surface area (Å²) in [4.78, 5) is 4.24. The third kappa shape index (κ3) is 0.942. The summed E-state index contributed by atoms with van der Waals surface area (Å²) in [7, 11) is 0. The highest BCUT2D eigenvalue weighted by Crippen LogP contribution is 2.15. The molecule has 0 unspecified atom stereocenters. The highest BCUT2D eigenvalue weighted by Gasteiger charge is 2.00. The summed E-state index contributed by atoms with van der Waals surface area (Å²) in [5.74, 6) is 0. The van der Waals surface area contributed by atoms with E-state index in [1.807, 2.05) is 19.9 Å². The lowest BCUT2D eigenvalue weighted by molar-refractivity contribution is 0.993. The molecule has 0 N–H and O–H groups in total. The second-order valence-electron chi connectivity index (χ2n) is 2.82. The van der Waals surface area contributed by atoms with Crippen LogP contribution in [0.5, 0.6) is 0 Å². The second kappa shape index (κ2) is 2.52. The molecular formula is C9H9N3. The van der Waals surface area contributed by atoms with Crippen molar-refractivity contribution in [3.8, 4) is 0 Å². The fourth-order valence-corrected chi connectivity index (χ4v) is 1.24. The molecule has 0 aromatic carbocycles. The fourth-order valence-electron chi connectivity index (χ4n) is 1.24. The summed E-state index contributed by atoms with van der Waals surface area (Å²) >= 11 is 0. The van der Waals surface area contributed by atoms with E-state index in [-0.39, 0.29) is 0 Å². The molecular weight excluding hydrogens is 150 g/mol. The maximum atomic E-state index is 4.24. The zero-order valence-electron chi connectivity index (χ0n) is 7.07. The predicted octanol–water partition coefficient (Wildman–Crippen LogP) is 1.64. The zero-order valence-corrected chi connectivity index (χ0v) is 7.07. The quantitative estimate of drug-likeness (QED) is 0.586. The average Bonchev–Trinajstić information content (AvgIpc) is 2.07. The third-order valence-corrected chi connectivity index (χ3v) is 1.95. The lowest BCUT2D eigenvalue weighted by Gasteiger charge is -2.00. The Morgan fingerprint density at radius 2 is 2.08 bits per heavy atom. The minimum atomic E-state index is 0.885. The Hall–Kier alpha value is -1.51. The van der Waals surface area contributed by atoms with Crippen LogP contribution in [0.1, 0.15) is 11.3 Å². The number of hydrogen-bond donors (Lipinski definition) is 0. The van der Waals surface area contributed by atoms with Gasteiger partial charge < -0.3 is 0 Å². The minimum absolute atomic E-state index is 0.885. The monoisotopic (exact) mass is 159 g/mol. The maximum Gasteiger partial charge on any atom is 0.0951 e. The van der Waals surface area contributed by atoms with Crippen LogP contribution in [0.25, 0.3) is 10.9 Å². The largest absolute Gasteiger partial charge is 0.254 e. The Kier molecular flexibility index (Phi) is 1.50. The molecule has 0 saturated heterocycles. The van der Waals surface area contributed by atoms with Crippen molar-refractivity contribution in [1.29, 1.82) is 0 Å². The first kappa shape index (κ1) is 7.16. The standard InChI is InChI=1S/C9H9N3/c1-6-3-4-10-9-7(2)12-11-5-8(6)9/h3-5H,1-2H3. The van der Waals surface area contributed by atoms with Crippen molar-refractivity contribution < 1.29 is 0 Å². The first-order valence-corrected chi connectivity index (χ1v) is 3.82. The van der Waals surface area contributed by atoms with Gasteiger partial charge in [-0.05, 0) is 25.5 Å². The van der Waals surface area contributed by atoms with E-state index in [0.29, 0.717) is 0 Å². The number of aromatic nitrogens is 3. The van der Waals surface area contributed by atoms with E-state index in [1.165, 1.54) is 5.56 Å². The maximum absolute atomic E-state index is 4.24. The van der Waals surface area contributed by atoms with Crippen molar-refractivity contribution >= 4 is 10.9 Å². The van der Waals surface area contributed by atoms with Crippen LogP contribution in [0.2, 0.25) is 0 Å². The van der Waals surface area contributed by atoms with Gasteiger partial charge in [-0.3, -0.25) is 4.98 Å². The van der Waals surface area contributed by atoms with Gasteiger partial charge in [-0.25, -0.2) is 0 Å². The second-order valence-corrected chi connectivity index (χ2v) is 2.82. The van der Waals surface area contributed by atoms with Gasteiger partial charge in [-0.15, -0.1) is 0 Å². The van der Waals surface area contributed by atoms with Crippen LogP contribution in [-0.2, 0) is 0 Å². The van der Waals surface area contributed by atoms with Crippen LogP contribution in [0.15, 0.2) is 18.5 Å². The topological polar surface area (TPSA) is 38.7 Å². The van der Waals surface area contributed by atoms with Gasteiger partial charge >= 0.3 is 0 Å². The Bertz CT molecular complexity index is 382. The van der Waals surface area contributed by atoms with Gasteiger partial charge in [-0.2, -0.15) is 10.2 Å². The molecule has 0 saturated carbocycles. The molecule has 3 heteroatoms. The van der Waals surface area contributed by atoms with Gasteiger partial charge in [0, 0.05) is 11.6 Å². The zero-order chi connectivity index (χ0) is 8.55. The summed E-state index contributed by atoms with van der Waals surface area (Å²) in [5.41, 5.74) is 3.03. The van der Waals surface area contributed by atoms with Crippen molar-refractivity contribution in [2.24, 2.45) is 0 Å². The van der Waals surface area contributed by atoms with Crippen LogP contribution in [0.4, 0.5) is 0 Å². The van der Waals surface area contributed by atoms with Gasteiger partial charge in [0.15, 0.2) is 0 Å². The molecule has 0 spiro atoms. The molecule has 2 rings (SSSR count). The van der Waals surface area contributed by atoms with Crippen molar-refractivity contribution in [2.45, 2.75) is 13.8 Å². The molecule has 2 aromatic heterocycles. The molecule has 0 radical (unpaired) electrons. The molecule has 60 valence electrons. The van der Waals surface area contributed by atoms with E-state index >= 15 is 0 Å². The van der Waals surface area contributed by atoms with E-state index in [9.17, 15) is 0 Å². The van der Waals surface area contributed by atoms with Gasteiger partial charge in [-0.1, -0.05) is 0 Å². The molecule has 0 atom stereocenters. The lowest BCUT2D eigenvalue weighted by Crippen LogP contribution is -1.91. The number of hydrogen-bond acceptors (Lipinski definition) is 3. The number of aryl methyl sites for hydroxylation is 2. The van der Waals surface area contributed by atoms with E-state index in [0.717, 1.165) is 16.6 Å². The molecule has 2 heterocycles. The predicted molar refractivity (Wildman–Crippen MR) is 46.8 cm³/mol. The van der Waals surface area contributed by atoms with Crippen LogP contribution in [0, 0.1) is 13.8 Å². The Labute approximate surface area is 70.5 Å². The number of pyridine rings is 1. The third-order valence-electron chi connectivity index (χ3n) is 1.95. The molecule has 12 heavy (non-hydrogen) atoms. The molecule has 0 aliphatic rings. The van der Waals surface area contributed by atoms with Gasteiger partial charge in [0.2, 0.25) is 0 Å². The van der Waals surface area contributed by atoms with E-state index in [4.69, 9.17) is 0 Å². The van der Waals surface area contributed by atoms with Crippen molar-refractivity contribution in [3.05, 3.63) is 29.7 Å². The lowest BCUT2D eigenvalue weighted by atomic mass is 10.1. The van der Waals surface area contributed by atoms with Crippen LogP contribution in [0.3, 0.4) is 0 Å². The summed E-state index contributed by atoms with van der Waals surface area (Å²) < 4.78 is 0. The SMILES string of the molecule is Cc1ccnc2c(C)nncc12. The molecule has 0 aliphatic heterocycles. The summed E-state index contributed by atoms with van der Waals surface area (Å²) in [6, 6.07) is 1.98. The molecule has 3 nitrogen and oxygen atoms in total. The average molecular weight is 159 g/mol. The van der Waals surface area contributed by atoms with Gasteiger partial charge in [0.05, 0.1) is 17.4 Å². The summed E-state index contributed by atoms with van der Waals surface area (Å²) in [6.45, 7) is 3.97. The molecule has 2 aromatic rings. The first-order valence-electron chi connectivity index (χ1n) is 3.82. The highest BCUT2D eigenvalue weighted by atomic mass is 15.1. The normalized spacial score (nSPS) is 10.5. The number of nitrogens with zero attached hydrogens (tertiary/aromatic N) is 3. The van der Waals surface area contributed by atoms with Crippen molar-refractivity contribution in [1.82, 2.24) is 15.2 Å². The Morgan fingerprint density at radius 3 is 2.83 bits per heavy atom. The van der Waals surface area contributed by atoms with E-state index < -0.39 is 0 Å². The number of rotatable bonds is 0. The van der Waals surface area contributed by atoms with Crippen molar-refractivity contribution in [3.63, 3.8) is 0 Å². The molecule has 0 fully saturated rings. The highest BCUT2D eigenvalue weighted by molar-refractivity contribution is 5.82. The van der Waals surface area contributed by atoms with Crippen LogP contribution in [-0.4, -0.2) is 15.2 Å². The summed E-state index contributed by atoms with van der Waals surface area (Å²) in [6.07, 6.45) is 3.55. The molecule has 0 bridgehead atoms. The summed E-state index contributed by atoms with van der Waals surface area (Å²) in [5, 5.41) is 8.91. The Balaban J connectivity index is 2.94. The Morgan fingerprint density at radius 1 is 1.25 bits per heavy atom. The van der Waals surface area contributed by atoms with Crippen LogP contribution >= 0.6 is 0 Å².